The van der Waals surface area contributed by atoms with Gasteiger partial charge >= 0.3 is 0 Å². The molecule has 0 radical (unpaired) electrons. The molecule has 0 aliphatic carbocycles. The van der Waals surface area contributed by atoms with E-state index in [0.29, 0.717) is 0 Å². The Morgan fingerprint density at radius 3 is 1.86 bits per heavy atom. The van der Waals surface area contributed by atoms with E-state index >= 15 is 0 Å². The van der Waals surface area contributed by atoms with E-state index in [2.05, 4.69) is 43.3 Å². The van der Waals surface area contributed by atoms with Crippen LogP contribution in [0, 0.1) is 0 Å². The molecule has 0 bridgehead atoms. The SMILES string of the molecule is CCCCCCCCCCC/C(=N/O)c1ccc(CC)cc1. The summed E-state index contributed by atoms with van der Waals surface area (Å²) >= 11 is 0. The van der Waals surface area contributed by atoms with Gasteiger partial charge in [0.15, 0.2) is 0 Å². The van der Waals surface area contributed by atoms with Crippen molar-refractivity contribution in [1.29, 1.82) is 0 Å². The van der Waals surface area contributed by atoms with Gasteiger partial charge in [0.25, 0.3) is 0 Å². The molecule has 0 amide bonds. The Morgan fingerprint density at radius 2 is 1.36 bits per heavy atom. The third kappa shape index (κ3) is 7.63. The average molecular weight is 303 g/mol. The Bertz CT molecular complexity index is 408. The van der Waals surface area contributed by atoms with Gasteiger partial charge in [-0.2, -0.15) is 0 Å². The van der Waals surface area contributed by atoms with Crippen LogP contribution in [-0.4, -0.2) is 10.9 Å². The van der Waals surface area contributed by atoms with Crippen molar-refractivity contribution in [3.8, 4) is 0 Å². The monoisotopic (exact) mass is 303 g/mol. The summed E-state index contributed by atoms with van der Waals surface area (Å²) in [6, 6.07) is 8.39. The highest BCUT2D eigenvalue weighted by molar-refractivity contribution is 6.00. The molecule has 1 N–H and O–H groups in total. The van der Waals surface area contributed by atoms with Crippen LogP contribution in [0.2, 0.25) is 0 Å². The molecule has 0 fully saturated rings. The fourth-order valence-corrected chi connectivity index (χ4v) is 2.79. The third-order valence-corrected chi connectivity index (χ3v) is 4.33. The topological polar surface area (TPSA) is 32.6 Å². The number of hydrogen-bond donors (Lipinski definition) is 1. The second-order valence-electron chi connectivity index (χ2n) is 6.18. The molecule has 0 unspecified atom stereocenters. The number of hydrogen-bond acceptors (Lipinski definition) is 2. The maximum absolute atomic E-state index is 9.22. The van der Waals surface area contributed by atoms with E-state index in [-0.39, 0.29) is 0 Å². The highest BCUT2D eigenvalue weighted by Gasteiger charge is 2.04. The predicted molar refractivity (Wildman–Crippen MR) is 96.0 cm³/mol. The lowest BCUT2D eigenvalue weighted by molar-refractivity contribution is 0.317. The van der Waals surface area contributed by atoms with Crippen molar-refractivity contribution in [3.05, 3.63) is 35.4 Å². The Hall–Kier alpha value is -1.31. The minimum absolute atomic E-state index is 0.825. The maximum Gasteiger partial charge on any atom is 0.0867 e. The molecule has 1 aromatic rings. The van der Waals surface area contributed by atoms with Crippen LogP contribution in [0.3, 0.4) is 0 Å². The zero-order chi connectivity index (χ0) is 16.0. The molecule has 1 rings (SSSR count). The van der Waals surface area contributed by atoms with Crippen LogP contribution in [0.5, 0.6) is 0 Å². The number of oxime groups is 1. The van der Waals surface area contributed by atoms with Crippen LogP contribution in [0.25, 0.3) is 0 Å². The minimum atomic E-state index is 0.825. The van der Waals surface area contributed by atoms with Gasteiger partial charge in [-0.1, -0.05) is 94.6 Å². The van der Waals surface area contributed by atoms with Gasteiger partial charge in [0.05, 0.1) is 5.71 Å². The highest BCUT2D eigenvalue weighted by Crippen LogP contribution is 2.14. The van der Waals surface area contributed by atoms with Gasteiger partial charge in [-0.05, 0) is 30.4 Å². The highest BCUT2D eigenvalue weighted by atomic mass is 16.4. The molecule has 0 aliphatic rings. The van der Waals surface area contributed by atoms with Gasteiger partial charge < -0.3 is 5.21 Å². The number of benzene rings is 1. The zero-order valence-corrected chi connectivity index (χ0v) is 14.5. The van der Waals surface area contributed by atoms with Gasteiger partial charge in [-0.3, -0.25) is 0 Å². The summed E-state index contributed by atoms with van der Waals surface area (Å²) < 4.78 is 0. The number of aryl methyl sites for hydroxylation is 1. The summed E-state index contributed by atoms with van der Waals surface area (Å²) in [7, 11) is 0. The number of unbranched alkanes of at least 4 members (excludes halogenated alkanes) is 8. The van der Waals surface area contributed by atoms with E-state index in [0.717, 1.165) is 30.5 Å². The van der Waals surface area contributed by atoms with Crippen molar-refractivity contribution < 1.29 is 5.21 Å². The fourth-order valence-electron chi connectivity index (χ4n) is 2.79. The Morgan fingerprint density at radius 1 is 0.818 bits per heavy atom. The molecule has 22 heavy (non-hydrogen) atoms. The molecule has 0 aliphatic heterocycles. The summed E-state index contributed by atoms with van der Waals surface area (Å²) in [6.45, 7) is 4.41. The van der Waals surface area contributed by atoms with Crippen LogP contribution in [0.15, 0.2) is 29.4 Å². The van der Waals surface area contributed by atoms with Crippen molar-refractivity contribution in [2.45, 2.75) is 84.5 Å². The predicted octanol–water partition coefficient (Wildman–Crippen LogP) is 6.35. The maximum atomic E-state index is 9.22. The number of nitrogens with zero attached hydrogens (tertiary/aromatic N) is 1. The van der Waals surface area contributed by atoms with Crippen molar-refractivity contribution in [3.63, 3.8) is 0 Å². The van der Waals surface area contributed by atoms with Crippen LogP contribution in [0.4, 0.5) is 0 Å². The van der Waals surface area contributed by atoms with Crippen molar-refractivity contribution in [2.24, 2.45) is 5.16 Å². The van der Waals surface area contributed by atoms with Crippen molar-refractivity contribution >= 4 is 5.71 Å². The molecule has 0 aromatic heterocycles. The Kier molecular flexibility index (Phi) is 10.4. The van der Waals surface area contributed by atoms with Crippen LogP contribution in [0.1, 0.15) is 89.2 Å². The third-order valence-electron chi connectivity index (χ3n) is 4.33. The summed E-state index contributed by atoms with van der Waals surface area (Å²) in [5, 5.41) is 12.7. The van der Waals surface area contributed by atoms with E-state index in [1.54, 1.807) is 0 Å². The lowest BCUT2D eigenvalue weighted by Gasteiger charge is -2.06. The largest absolute Gasteiger partial charge is 0.411 e. The zero-order valence-electron chi connectivity index (χ0n) is 14.5. The molecule has 2 nitrogen and oxygen atoms in total. The first-order chi connectivity index (χ1) is 10.8. The first-order valence-corrected chi connectivity index (χ1v) is 9.12. The standard InChI is InChI=1S/C20H33NO/c1-3-5-6-7-8-9-10-11-12-13-20(21-22)19-16-14-18(4-2)15-17-19/h14-17,22H,3-13H2,1-2H3/b21-20-. The number of rotatable bonds is 12. The minimum Gasteiger partial charge on any atom is -0.411 e. The van der Waals surface area contributed by atoms with E-state index in [9.17, 15) is 5.21 Å². The van der Waals surface area contributed by atoms with Crippen LogP contribution in [-0.2, 0) is 6.42 Å². The second-order valence-corrected chi connectivity index (χ2v) is 6.18. The molecular formula is C20H33NO. The van der Waals surface area contributed by atoms with Crippen LogP contribution < -0.4 is 0 Å². The van der Waals surface area contributed by atoms with Gasteiger partial charge in [0.1, 0.15) is 0 Å². The van der Waals surface area contributed by atoms with Gasteiger partial charge in [-0.15, -0.1) is 0 Å². The fraction of sp³-hybridized carbons (Fsp3) is 0.650. The molecular weight excluding hydrogens is 270 g/mol. The molecule has 2 heteroatoms. The molecule has 0 atom stereocenters. The van der Waals surface area contributed by atoms with Crippen molar-refractivity contribution in [2.75, 3.05) is 0 Å². The molecule has 0 saturated carbocycles. The van der Waals surface area contributed by atoms with E-state index in [1.807, 2.05) is 0 Å². The quantitative estimate of drug-likeness (QED) is 0.207. The van der Waals surface area contributed by atoms with E-state index in [1.165, 1.54) is 56.9 Å². The molecule has 0 saturated heterocycles. The molecule has 1 aromatic carbocycles. The summed E-state index contributed by atoms with van der Waals surface area (Å²) in [4.78, 5) is 0. The van der Waals surface area contributed by atoms with E-state index in [4.69, 9.17) is 0 Å². The van der Waals surface area contributed by atoms with Gasteiger partial charge in [0, 0.05) is 0 Å². The lowest BCUT2D eigenvalue weighted by Crippen LogP contribution is -2.01. The Balaban J connectivity index is 2.16. The summed E-state index contributed by atoms with van der Waals surface area (Å²) in [6.07, 6.45) is 13.8. The first-order valence-electron chi connectivity index (χ1n) is 9.12. The van der Waals surface area contributed by atoms with Crippen LogP contribution >= 0.6 is 0 Å². The van der Waals surface area contributed by atoms with Gasteiger partial charge in [-0.25, -0.2) is 0 Å². The molecule has 0 spiro atoms. The summed E-state index contributed by atoms with van der Waals surface area (Å²) in [5.41, 5.74) is 3.20. The Labute approximate surface area is 136 Å². The lowest BCUT2D eigenvalue weighted by atomic mass is 10.0. The normalized spacial score (nSPS) is 11.8. The van der Waals surface area contributed by atoms with Gasteiger partial charge in [0.2, 0.25) is 0 Å². The molecule has 124 valence electrons. The molecule has 0 heterocycles. The van der Waals surface area contributed by atoms with Crippen molar-refractivity contribution in [1.82, 2.24) is 0 Å². The second kappa shape index (κ2) is 12.3. The van der Waals surface area contributed by atoms with E-state index < -0.39 is 0 Å². The summed E-state index contributed by atoms with van der Waals surface area (Å²) in [5.74, 6) is 0. The first kappa shape index (κ1) is 18.7. The smallest absolute Gasteiger partial charge is 0.0867 e. The average Bonchev–Trinajstić information content (AvgIpc) is 2.57.